The highest BCUT2D eigenvalue weighted by atomic mass is 16.4. The fraction of sp³-hybridized carbons (Fsp3) is 0.909. The molecule has 1 aliphatic carbocycles. The predicted molar refractivity (Wildman–Crippen MR) is 56.8 cm³/mol. The molecule has 0 aliphatic heterocycles. The molecule has 1 rings (SSSR count). The van der Waals surface area contributed by atoms with Crippen molar-refractivity contribution in [3.8, 4) is 0 Å². The number of rotatable bonds is 1. The molecule has 80 valence electrons. The monoisotopic (exact) mass is 188 g/mol. The standard InChI is InChI=1S/C8H14O2.C2H6.CH4/c1-6-2-4-7(5-3-6)8(9)10;1-2;/h6-7H,2-5H2,1H3,(H,9,10);1-2H3;1H4. The molecule has 0 unspecified atom stereocenters. The molecule has 0 bridgehead atoms. The molecule has 0 amide bonds. The first-order valence-corrected chi connectivity index (χ1v) is 4.93. The maximum Gasteiger partial charge on any atom is 0.306 e. The molecule has 0 aromatic rings. The van der Waals surface area contributed by atoms with Gasteiger partial charge < -0.3 is 5.11 Å². The molecule has 13 heavy (non-hydrogen) atoms. The van der Waals surface area contributed by atoms with E-state index in [1.165, 1.54) is 0 Å². The van der Waals surface area contributed by atoms with E-state index in [9.17, 15) is 4.79 Å². The Morgan fingerprint density at radius 1 is 1.15 bits per heavy atom. The molecular weight excluding hydrogens is 164 g/mol. The normalized spacial score (nSPS) is 26.4. The van der Waals surface area contributed by atoms with E-state index in [4.69, 9.17) is 5.11 Å². The Bertz CT molecular complexity index is 124. The van der Waals surface area contributed by atoms with E-state index in [1.807, 2.05) is 13.8 Å². The predicted octanol–water partition coefficient (Wildman–Crippen LogP) is 3.56. The van der Waals surface area contributed by atoms with E-state index in [-0.39, 0.29) is 13.3 Å². The van der Waals surface area contributed by atoms with Crippen LogP contribution in [0.1, 0.15) is 53.9 Å². The first-order chi connectivity index (χ1) is 5.70. The summed E-state index contributed by atoms with van der Waals surface area (Å²) in [5, 5.41) is 8.62. The number of carboxylic acids is 1. The Morgan fingerprint density at radius 2 is 1.54 bits per heavy atom. The van der Waals surface area contributed by atoms with Gasteiger partial charge in [0.15, 0.2) is 0 Å². The Balaban J connectivity index is 0. The summed E-state index contributed by atoms with van der Waals surface area (Å²) in [6.07, 6.45) is 3.96. The number of carboxylic acid groups (broad SMARTS) is 1. The quantitative estimate of drug-likeness (QED) is 0.683. The van der Waals surface area contributed by atoms with Crippen molar-refractivity contribution >= 4 is 5.97 Å². The van der Waals surface area contributed by atoms with Crippen molar-refractivity contribution in [2.75, 3.05) is 0 Å². The summed E-state index contributed by atoms with van der Waals surface area (Å²) in [7, 11) is 0. The van der Waals surface area contributed by atoms with Crippen LogP contribution in [-0.4, -0.2) is 11.1 Å². The van der Waals surface area contributed by atoms with Crippen molar-refractivity contribution in [2.24, 2.45) is 11.8 Å². The van der Waals surface area contributed by atoms with E-state index in [1.54, 1.807) is 0 Å². The summed E-state index contributed by atoms with van der Waals surface area (Å²) in [5.41, 5.74) is 0. The number of carbonyl (C=O) groups is 1. The smallest absolute Gasteiger partial charge is 0.306 e. The summed E-state index contributed by atoms with van der Waals surface area (Å²) in [4.78, 5) is 10.5. The summed E-state index contributed by atoms with van der Waals surface area (Å²) < 4.78 is 0. The summed E-state index contributed by atoms with van der Waals surface area (Å²) >= 11 is 0. The molecule has 1 saturated carbocycles. The van der Waals surface area contributed by atoms with Crippen LogP contribution in [0.25, 0.3) is 0 Å². The lowest BCUT2D eigenvalue weighted by molar-refractivity contribution is -0.143. The third-order valence-electron chi connectivity index (χ3n) is 2.37. The van der Waals surface area contributed by atoms with Crippen LogP contribution >= 0.6 is 0 Å². The van der Waals surface area contributed by atoms with E-state index < -0.39 is 5.97 Å². The van der Waals surface area contributed by atoms with Gasteiger partial charge in [0.05, 0.1) is 5.92 Å². The van der Waals surface area contributed by atoms with Gasteiger partial charge in [0.2, 0.25) is 0 Å². The van der Waals surface area contributed by atoms with E-state index in [0.717, 1.165) is 31.6 Å². The van der Waals surface area contributed by atoms with Crippen LogP contribution in [0, 0.1) is 11.8 Å². The van der Waals surface area contributed by atoms with Crippen LogP contribution in [0.15, 0.2) is 0 Å². The molecule has 0 atom stereocenters. The van der Waals surface area contributed by atoms with Crippen LogP contribution in [0.3, 0.4) is 0 Å². The van der Waals surface area contributed by atoms with Crippen molar-refractivity contribution in [1.29, 1.82) is 0 Å². The minimum absolute atomic E-state index is 0. The lowest BCUT2D eigenvalue weighted by Crippen LogP contribution is -2.19. The lowest BCUT2D eigenvalue weighted by Gasteiger charge is -2.22. The van der Waals surface area contributed by atoms with Crippen LogP contribution < -0.4 is 0 Å². The highest BCUT2D eigenvalue weighted by molar-refractivity contribution is 5.69. The fourth-order valence-corrected chi connectivity index (χ4v) is 1.51. The van der Waals surface area contributed by atoms with Gasteiger partial charge in [-0.3, -0.25) is 4.79 Å². The Labute approximate surface area is 82.4 Å². The van der Waals surface area contributed by atoms with Gasteiger partial charge in [-0.25, -0.2) is 0 Å². The zero-order valence-corrected chi connectivity index (χ0v) is 8.34. The van der Waals surface area contributed by atoms with Crippen molar-refractivity contribution in [2.45, 2.75) is 53.9 Å². The third-order valence-corrected chi connectivity index (χ3v) is 2.37. The zero-order valence-electron chi connectivity index (χ0n) is 8.34. The molecule has 1 fully saturated rings. The van der Waals surface area contributed by atoms with Gasteiger partial charge in [-0.15, -0.1) is 0 Å². The molecule has 0 aromatic carbocycles. The highest BCUT2D eigenvalue weighted by Crippen LogP contribution is 2.27. The number of aliphatic carboxylic acids is 1. The van der Waals surface area contributed by atoms with Crippen LogP contribution in [0.5, 0.6) is 0 Å². The molecular formula is C11H24O2. The summed E-state index contributed by atoms with van der Waals surface area (Å²) in [5.74, 6) is 0.0960. The first kappa shape index (κ1) is 15.0. The molecule has 1 N–H and O–H groups in total. The van der Waals surface area contributed by atoms with Crippen LogP contribution in [0.4, 0.5) is 0 Å². The molecule has 0 aromatic heterocycles. The van der Waals surface area contributed by atoms with Crippen molar-refractivity contribution in [1.82, 2.24) is 0 Å². The second-order valence-corrected chi connectivity index (χ2v) is 3.30. The van der Waals surface area contributed by atoms with E-state index in [0.29, 0.717) is 0 Å². The maximum atomic E-state index is 10.5. The van der Waals surface area contributed by atoms with Gasteiger partial charge in [-0.1, -0.05) is 28.2 Å². The van der Waals surface area contributed by atoms with Gasteiger partial charge in [-0.2, -0.15) is 0 Å². The van der Waals surface area contributed by atoms with Gasteiger partial charge in [0.25, 0.3) is 0 Å². The van der Waals surface area contributed by atoms with Crippen molar-refractivity contribution in [3.63, 3.8) is 0 Å². The number of hydrogen-bond acceptors (Lipinski definition) is 1. The lowest BCUT2D eigenvalue weighted by atomic mass is 9.83. The minimum Gasteiger partial charge on any atom is -0.481 e. The molecule has 1 aliphatic rings. The van der Waals surface area contributed by atoms with Gasteiger partial charge in [-0.05, 0) is 31.6 Å². The zero-order chi connectivity index (χ0) is 9.56. The molecule has 0 heterocycles. The second-order valence-electron chi connectivity index (χ2n) is 3.30. The van der Waals surface area contributed by atoms with Gasteiger partial charge in [0, 0.05) is 0 Å². The summed E-state index contributed by atoms with van der Waals surface area (Å²) in [6, 6.07) is 0. The average Bonchev–Trinajstić information content (AvgIpc) is 2.09. The summed E-state index contributed by atoms with van der Waals surface area (Å²) in [6.45, 7) is 6.19. The second kappa shape index (κ2) is 8.09. The van der Waals surface area contributed by atoms with Crippen LogP contribution in [-0.2, 0) is 4.79 Å². The maximum absolute atomic E-state index is 10.5. The molecule has 0 spiro atoms. The Morgan fingerprint density at radius 3 is 1.85 bits per heavy atom. The Kier molecular flexibility index (Phi) is 9.31. The minimum atomic E-state index is -0.605. The fourth-order valence-electron chi connectivity index (χ4n) is 1.51. The topological polar surface area (TPSA) is 37.3 Å². The third kappa shape index (κ3) is 5.67. The van der Waals surface area contributed by atoms with Crippen molar-refractivity contribution in [3.05, 3.63) is 0 Å². The molecule has 2 heteroatoms. The van der Waals surface area contributed by atoms with Gasteiger partial charge >= 0.3 is 5.97 Å². The molecule has 0 saturated heterocycles. The van der Waals surface area contributed by atoms with Crippen LogP contribution in [0.2, 0.25) is 0 Å². The number of hydrogen-bond donors (Lipinski definition) is 1. The average molecular weight is 188 g/mol. The SMILES string of the molecule is C.CC.CC1CCC(C(=O)O)CC1. The van der Waals surface area contributed by atoms with E-state index in [2.05, 4.69) is 6.92 Å². The highest BCUT2D eigenvalue weighted by Gasteiger charge is 2.23. The molecule has 2 nitrogen and oxygen atoms in total. The molecule has 0 radical (unpaired) electrons. The largest absolute Gasteiger partial charge is 0.481 e. The Hall–Kier alpha value is -0.530. The first-order valence-electron chi connectivity index (χ1n) is 4.93. The van der Waals surface area contributed by atoms with E-state index >= 15 is 0 Å². The van der Waals surface area contributed by atoms with Crippen molar-refractivity contribution < 1.29 is 9.90 Å². The van der Waals surface area contributed by atoms with Gasteiger partial charge in [0.1, 0.15) is 0 Å².